The Balaban J connectivity index is 2.03. The third-order valence-corrected chi connectivity index (χ3v) is 3.98. The van der Waals surface area contributed by atoms with Crippen molar-refractivity contribution in [3.8, 4) is 0 Å². The van der Waals surface area contributed by atoms with Crippen LogP contribution in [0.4, 0.5) is 0 Å². The highest BCUT2D eigenvalue weighted by Gasteiger charge is 2.14. The standard InChI is InChI=1S/C15H31N3O/c1-3-12-18(4-2)13-11-17-15(19)6-5-14-7-9-16-10-8-14/h14,16H,3-13H2,1-2H3,(H,17,19). The molecule has 1 fully saturated rings. The molecule has 0 aliphatic carbocycles. The smallest absolute Gasteiger partial charge is 0.220 e. The molecule has 0 radical (unpaired) electrons. The third-order valence-electron chi connectivity index (χ3n) is 3.98. The lowest BCUT2D eigenvalue weighted by atomic mass is 9.93. The minimum Gasteiger partial charge on any atom is -0.355 e. The van der Waals surface area contributed by atoms with Gasteiger partial charge in [0.25, 0.3) is 0 Å². The van der Waals surface area contributed by atoms with Crippen LogP contribution in [0.1, 0.15) is 46.0 Å². The summed E-state index contributed by atoms with van der Waals surface area (Å²) in [6, 6.07) is 0. The van der Waals surface area contributed by atoms with Crippen molar-refractivity contribution in [3.05, 3.63) is 0 Å². The van der Waals surface area contributed by atoms with Crippen molar-refractivity contribution in [2.75, 3.05) is 39.3 Å². The molecule has 0 bridgehead atoms. The molecule has 1 saturated heterocycles. The van der Waals surface area contributed by atoms with E-state index in [4.69, 9.17) is 0 Å². The monoisotopic (exact) mass is 269 g/mol. The van der Waals surface area contributed by atoms with Gasteiger partial charge in [-0.25, -0.2) is 0 Å². The Labute approximate surface area is 118 Å². The average molecular weight is 269 g/mol. The fourth-order valence-corrected chi connectivity index (χ4v) is 2.69. The summed E-state index contributed by atoms with van der Waals surface area (Å²) >= 11 is 0. The number of nitrogens with one attached hydrogen (secondary N) is 2. The van der Waals surface area contributed by atoms with E-state index < -0.39 is 0 Å². The van der Waals surface area contributed by atoms with Crippen LogP contribution in [0, 0.1) is 5.92 Å². The second-order valence-electron chi connectivity index (χ2n) is 5.52. The zero-order valence-corrected chi connectivity index (χ0v) is 12.7. The summed E-state index contributed by atoms with van der Waals surface area (Å²) in [4.78, 5) is 14.2. The van der Waals surface area contributed by atoms with Crippen molar-refractivity contribution in [1.29, 1.82) is 0 Å². The van der Waals surface area contributed by atoms with E-state index >= 15 is 0 Å². The van der Waals surface area contributed by atoms with Gasteiger partial charge in [-0.3, -0.25) is 4.79 Å². The van der Waals surface area contributed by atoms with E-state index in [1.165, 1.54) is 19.3 Å². The summed E-state index contributed by atoms with van der Waals surface area (Å²) in [6.45, 7) is 10.6. The van der Waals surface area contributed by atoms with Crippen LogP contribution in [0.15, 0.2) is 0 Å². The molecule has 1 amide bonds. The van der Waals surface area contributed by atoms with E-state index in [-0.39, 0.29) is 5.91 Å². The van der Waals surface area contributed by atoms with Crippen molar-refractivity contribution >= 4 is 5.91 Å². The lowest BCUT2D eigenvalue weighted by Crippen LogP contribution is -2.35. The number of piperidine rings is 1. The molecule has 19 heavy (non-hydrogen) atoms. The quantitative estimate of drug-likeness (QED) is 0.668. The molecular weight excluding hydrogens is 238 g/mol. The van der Waals surface area contributed by atoms with E-state index in [1.807, 2.05) is 0 Å². The second-order valence-corrected chi connectivity index (χ2v) is 5.52. The first-order chi connectivity index (χ1) is 9.26. The van der Waals surface area contributed by atoms with Crippen molar-refractivity contribution in [2.24, 2.45) is 5.92 Å². The maximum Gasteiger partial charge on any atom is 0.220 e. The summed E-state index contributed by atoms with van der Waals surface area (Å²) in [5.41, 5.74) is 0. The van der Waals surface area contributed by atoms with Gasteiger partial charge in [0.1, 0.15) is 0 Å². The van der Waals surface area contributed by atoms with Crippen molar-refractivity contribution in [3.63, 3.8) is 0 Å². The molecule has 1 heterocycles. The molecule has 4 nitrogen and oxygen atoms in total. The zero-order valence-electron chi connectivity index (χ0n) is 12.7. The van der Waals surface area contributed by atoms with E-state index in [1.54, 1.807) is 0 Å². The van der Waals surface area contributed by atoms with Crippen molar-refractivity contribution in [1.82, 2.24) is 15.5 Å². The maximum absolute atomic E-state index is 11.8. The van der Waals surface area contributed by atoms with Gasteiger partial charge in [-0.05, 0) is 57.8 Å². The summed E-state index contributed by atoms with van der Waals surface area (Å²) in [6.07, 6.45) is 5.39. The highest BCUT2D eigenvalue weighted by Crippen LogP contribution is 2.17. The number of likely N-dealkylation sites (N-methyl/N-ethyl adjacent to an activating group) is 1. The molecule has 0 saturated carbocycles. The van der Waals surface area contributed by atoms with Gasteiger partial charge >= 0.3 is 0 Å². The van der Waals surface area contributed by atoms with Crippen molar-refractivity contribution in [2.45, 2.75) is 46.0 Å². The number of rotatable bonds is 9. The first kappa shape index (κ1) is 16.4. The molecule has 0 aromatic carbocycles. The Morgan fingerprint density at radius 3 is 2.63 bits per heavy atom. The van der Waals surface area contributed by atoms with Gasteiger partial charge in [0.15, 0.2) is 0 Å². The van der Waals surface area contributed by atoms with Gasteiger partial charge in [-0.2, -0.15) is 0 Å². The summed E-state index contributed by atoms with van der Waals surface area (Å²) in [5.74, 6) is 0.977. The van der Waals surface area contributed by atoms with Crippen LogP contribution >= 0.6 is 0 Å². The Morgan fingerprint density at radius 1 is 1.26 bits per heavy atom. The van der Waals surface area contributed by atoms with E-state index in [0.717, 1.165) is 51.6 Å². The Kier molecular flexibility index (Phi) is 8.84. The lowest BCUT2D eigenvalue weighted by Gasteiger charge is -2.22. The van der Waals surface area contributed by atoms with Crippen LogP contribution in [-0.4, -0.2) is 50.1 Å². The number of nitrogens with zero attached hydrogens (tertiary/aromatic N) is 1. The fraction of sp³-hybridized carbons (Fsp3) is 0.933. The summed E-state index contributed by atoms with van der Waals surface area (Å²) < 4.78 is 0. The van der Waals surface area contributed by atoms with E-state index in [0.29, 0.717) is 6.42 Å². The molecule has 2 N–H and O–H groups in total. The minimum absolute atomic E-state index is 0.228. The van der Waals surface area contributed by atoms with Gasteiger partial charge in [0.2, 0.25) is 5.91 Å². The fourth-order valence-electron chi connectivity index (χ4n) is 2.69. The number of amides is 1. The van der Waals surface area contributed by atoms with Crippen LogP contribution in [0.3, 0.4) is 0 Å². The maximum atomic E-state index is 11.8. The van der Waals surface area contributed by atoms with Gasteiger partial charge in [-0.1, -0.05) is 13.8 Å². The third kappa shape index (κ3) is 7.53. The Morgan fingerprint density at radius 2 is 2.00 bits per heavy atom. The van der Waals surface area contributed by atoms with Gasteiger partial charge in [0, 0.05) is 19.5 Å². The molecule has 1 rings (SSSR count). The number of carbonyl (C=O) groups is 1. The predicted octanol–water partition coefficient (Wildman–Crippen LogP) is 1.61. The summed E-state index contributed by atoms with van der Waals surface area (Å²) in [7, 11) is 0. The van der Waals surface area contributed by atoms with E-state index in [9.17, 15) is 4.79 Å². The van der Waals surface area contributed by atoms with Crippen molar-refractivity contribution < 1.29 is 4.79 Å². The Hall–Kier alpha value is -0.610. The number of carbonyl (C=O) groups excluding carboxylic acids is 1. The van der Waals surface area contributed by atoms with Gasteiger partial charge in [-0.15, -0.1) is 0 Å². The highest BCUT2D eigenvalue weighted by molar-refractivity contribution is 5.75. The molecule has 0 spiro atoms. The number of hydrogen-bond acceptors (Lipinski definition) is 3. The molecule has 1 aliphatic rings. The van der Waals surface area contributed by atoms with Gasteiger partial charge < -0.3 is 15.5 Å². The molecular formula is C15H31N3O. The normalized spacial score (nSPS) is 16.8. The predicted molar refractivity (Wildman–Crippen MR) is 80.2 cm³/mol. The van der Waals surface area contributed by atoms with Crippen LogP contribution in [0.25, 0.3) is 0 Å². The topological polar surface area (TPSA) is 44.4 Å². The Bertz CT molecular complexity index is 240. The molecule has 0 unspecified atom stereocenters. The van der Waals surface area contributed by atoms with Crippen LogP contribution in [-0.2, 0) is 4.79 Å². The first-order valence-corrected chi connectivity index (χ1v) is 7.96. The summed E-state index contributed by atoms with van der Waals surface area (Å²) in [5, 5.41) is 6.41. The van der Waals surface area contributed by atoms with Crippen LogP contribution in [0.5, 0.6) is 0 Å². The van der Waals surface area contributed by atoms with Crippen LogP contribution in [0.2, 0.25) is 0 Å². The van der Waals surface area contributed by atoms with Gasteiger partial charge in [0.05, 0.1) is 0 Å². The molecule has 112 valence electrons. The average Bonchev–Trinajstić information content (AvgIpc) is 2.45. The zero-order chi connectivity index (χ0) is 13.9. The van der Waals surface area contributed by atoms with Crippen LogP contribution < -0.4 is 10.6 Å². The van der Waals surface area contributed by atoms with E-state index in [2.05, 4.69) is 29.4 Å². The molecule has 4 heteroatoms. The molecule has 0 atom stereocenters. The number of hydrogen-bond donors (Lipinski definition) is 2. The molecule has 1 aliphatic heterocycles. The molecule has 0 aromatic heterocycles. The largest absolute Gasteiger partial charge is 0.355 e. The SMILES string of the molecule is CCCN(CC)CCNC(=O)CCC1CCNCC1. The minimum atomic E-state index is 0.228. The molecule has 0 aromatic rings. The second kappa shape index (κ2) is 10.2. The highest BCUT2D eigenvalue weighted by atomic mass is 16.1. The first-order valence-electron chi connectivity index (χ1n) is 7.96. The lowest BCUT2D eigenvalue weighted by molar-refractivity contribution is -0.121.